The second-order valence-corrected chi connectivity index (χ2v) is 74.6. The van der Waals surface area contributed by atoms with Gasteiger partial charge in [0, 0.05) is 137 Å². The average Bonchev–Trinajstić information content (AvgIpc) is 0.773. The molecule has 2 aliphatic carbocycles. The Balaban J connectivity index is 0.000000213. The quantitative estimate of drug-likeness (QED) is 0.0167. The van der Waals surface area contributed by atoms with Crippen molar-refractivity contribution in [2.24, 2.45) is 23.7 Å². The summed E-state index contributed by atoms with van der Waals surface area (Å²) >= 11 is 0. The van der Waals surface area contributed by atoms with Crippen molar-refractivity contribution in [2.45, 2.75) is 242 Å². The molecule has 0 atom stereocenters. The molecule has 2 saturated carbocycles. The summed E-state index contributed by atoms with van der Waals surface area (Å²) in [5.74, 6) is 1.40. The molecule has 14 aromatic rings. The Morgan fingerprint density at radius 3 is 0.986 bits per heavy atom. The molecule has 0 unspecified atom stereocenters. The van der Waals surface area contributed by atoms with Gasteiger partial charge in [-0.2, -0.15) is 0 Å². The molecule has 0 spiro atoms. The summed E-state index contributed by atoms with van der Waals surface area (Å²) in [6, 6.07) is 107. The predicted molar refractivity (Wildman–Crippen MR) is 617 cm³/mol. The minimum atomic E-state index is -1.41. The predicted octanol–water partition coefficient (Wildman–Crippen LogP) is 31.3. The minimum Gasteiger partial charge on any atom is -0.512 e. The number of pyridine rings is 3. The number of benzene rings is 11. The van der Waals surface area contributed by atoms with E-state index in [1.54, 1.807) is 36.4 Å². The van der Waals surface area contributed by atoms with E-state index in [1.807, 2.05) is 58.9 Å². The number of hydrogen-bond donors (Lipinski definition) is 3. The Hall–Kier alpha value is -9.47. The van der Waals surface area contributed by atoms with Gasteiger partial charge in [-0.05, 0) is 127 Å². The van der Waals surface area contributed by atoms with Gasteiger partial charge >= 0.3 is 0 Å². The van der Waals surface area contributed by atoms with Gasteiger partial charge in [-0.15, -0.1) is 105 Å². The molecule has 143 heavy (non-hydrogen) atoms. The normalized spacial score (nSPS) is 13.5. The third-order valence-corrected chi connectivity index (χ3v) is 39.6. The maximum absolute atomic E-state index is 12.4. The van der Waals surface area contributed by atoms with Crippen LogP contribution in [0, 0.1) is 41.9 Å². The number of ketones is 3. The van der Waals surface area contributed by atoms with Crippen LogP contribution in [0.4, 0.5) is 0 Å². The topological polar surface area (TPSA) is 151 Å². The maximum Gasteiger partial charge on any atom is 0.189 e. The Morgan fingerprint density at radius 2 is 0.657 bits per heavy atom. The summed E-state index contributed by atoms with van der Waals surface area (Å²) in [7, 11) is -8.36. The van der Waals surface area contributed by atoms with E-state index >= 15 is 0 Å². The van der Waals surface area contributed by atoms with Gasteiger partial charge in [0.05, 0.1) is 62.7 Å². The fraction of sp³-hybridized carbons (Fsp3) is 0.328. The SMILES string of the molecule is CC(C(=O)C1CCCCC1)=C(O)C1CCCCC1.CCC(CC)C(=O)C=C(O)C(CC)CC.C[Si](C)(C)c1c[c-]c(-c2cc(-c3ccccc3)c3cc([Si](C)(C)C)ccc3n2)cc1.C[Si](C)(C)c1cc[c-]c(-c2cc(-c3ccccc3)c3cc([Si](C)(C)C)ccc3n2)c1.C[Si](C)(C)c1cc[c-]c(-c2cc(-c3ccccc3)c3cc([Si](C)(C)C)ccc3n2)c1.O=C(C=C(O)c1ccccc1)c1ccccc1.[Ir].[Ir].[Ir]. The number of allylic oxidation sites excluding steroid dienone is 5. The Morgan fingerprint density at radius 1 is 0.343 bits per heavy atom. The zero-order chi connectivity index (χ0) is 101. The second kappa shape index (κ2) is 54.3. The molecule has 0 aliphatic heterocycles. The largest absolute Gasteiger partial charge is 0.512 e. The molecule has 11 aromatic carbocycles. The van der Waals surface area contributed by atoms with Crippen LogP contribution in [0.5, 0.6) is 0 Å². The number of aliphatic hydroxyl groups is 3. The number of fused-ring (bicyclic) bond motifs is 3. The van der Waals surface area contributed by atoms with Gasteiger partial charge in [-0.3, -0.25) is 29.3 Å². The van der Waals surface area contributed by atoms with Gasteiger partial charge in [0.1, 0.15) is 11.5 Å². The van der Waals surface area contributed by atoms with Crippen molar-refractivity contribution in [3.05, 3.63) is 338 Å². The van der Waals surface area contributed by atoms with E-state index in [0.29, 0.717) is 22.5 Å². The van der Waals surface area contributed by atoms with Crippen LogP contribution in [-0.2, 0) is 69.9 Å². The molecule has 2 fully saturated rings. The number of carbonyl (C=O) groups excluding carboxylic acids is 3. The molecule has 0 bridgehead atoms. The van der Waals surface area contributed by atoms with Crippen molar-refractivity contribution in [3.8, 4) is 67.2 Å². The fourth-order valence-electron chi connectivity index (χ4n) is 18.0. The Bertz CT molecular complexity index is 6400. The molecule has 16 rings (SSSR count). The number of hydrogen-bond acceptors (Lipinski definition) is 9. The first-order valence-electron chi connectivity index (χ1n) is 51.0. The zero-order valence-corrected chi connectivity index (χ0v) is 102. The molecular formula is C125H152Ir3N3O6Si6-3. The van der Waals surface area contributed by atoms with Crippen LogP contribution in [0.25, 0.3) is 106 Å². The van der Waals surface area contributed by atoms with E-state index < -0.39 is 48.4 Å². The van der Waals surface area contributed by atoms with Crippen molar-refractivity contribution in [3.63, 3.8) is 0 Å². The van der Waals surface area contributed by atoms with E-state index in [1.165, 1.54) is 131 Å². The van der Waals surface area contributed by atoms with Crippen molar-refractivity contribution >= 4 is 135 Å². The molecule has 9 nitrogen and oxygen atoms in total. The van der Waals surface area contributed by atoms with Crippen LogP contribution < -0.4 is 31.1 Å². The molecule has 2 aliphatic rings. The molecule has 0 saturated heterocycles. The van der Waals surface area contributed by atoms with Crippen LogP contribution in [0.2, 0.25) is 118 Å². The van der Waals surface area contributed by atoms with Crippen LogP contribution >= 0.6 is 0 Å². The van der Waals surface area contributed by atoms with Gasteiger partial charge in [-0.1, -0.05) is 406 Å². The number of rotatable bonds is 25. The zero-order valence-electron chi connectivity index (χ0n) is 88.8. The van der Waals surface area contributed by atoms with Crippen molar-refractivity contribution in [2.75, 3.05) is 0 Å². The molecule has 3 radical (unpaired) electrons. The number of aliphatic hydroxyl groups excluding tert-OH is 3. The molecule has 3 aromatic heterocycles. The summed E-state index contributed by atoms with van der Waals surface area (Å²) < 4.78 is 0. The summed E-state index contributed by atoms with van der Waals surface area (Å²) in [4.78, 5) is 51.1. The molecule has 18 heteroatoms. The smallest absolute Gasteiger partial charge is 0.189 e. The van der Waals surface area contributed by atoms with Crippen molar-refractivity contribution < 1.29 is 90.0 Å². The first-order valence-corrected chi connectivity index (χ1v) is 72.0. The van der Waals surface area contributed by atoms with Gasteiger partial charge < -0.3 is 15.3 Å². The van der Waals surface area contributed by atoms with E-state index in [0.717, 1.165) is 102 Å². The fourth-order valence-corrected chi connectivity index (χ4v) is 24.9. The molecule has 3 heterocycles. The van der Waals surface area contributed by atoms with E-state index in [4.69, 9.17) is 15.0 Å². The van der Waals surface area contributed by atoms with E-state index in [9.17, 15) is 29.7 Å². The first-order chi connectivity index (χ1) is 66.4. The van der Waals surface area contributed by atoms with Gasteiger partial charge in [0.25, 0.3) is 0 Å². The number of aromatic nitrogens is 3. The summed E-state index contributed by atoms with van der Waals surface area (Å²) in [5.41, 5.74) is 18.7. The van der Waals surface area contributed by atoms with Gasteiger partial charge in [-0.25, -0.2) is 0 Å². The van der Waals surface area contributed by atoms with Crippen molar-refractivity contribution in [1.82, 2.24) is 15.0 Å². The minimum absolute atomic E-state index is 0. The molecule has 757 valence electrons. The Labute approximate surface area is 902 Å². The summed E-state index contributed by atoms with van der Waals surface area (Å²) in [5, 5.41) is 42.3. The standard InChI is InChI=1S/3C27H30NSi2.C16H26O2.C15H12O2.C13H24O2.3Ir/c2*1-29(2,3)22-14-10-13-21(17-22)27-19-24(20-11-8-7-9-12-20)25-18-23(30(4,5)6)15-16-26(25)28-27;1-29(2,3)22-14-12-21(13-15-22)27-19-24(20-10-8-7-9-11-20)25-18-23(30(4,5)6)16-17-26(25)28-27;1-12(15(17)13-8-4-2-5-9-13)16(18)14-10-6-3-7-11-14;16-14(12-7-3-1-4-8-12)11-15(17)13-9-5-2-6-10-13;1-5-10(6-2)12(14)9-13(15)11(7-3)8-4;;;/h3*7-12,14-19H,1-6H3;13-14,17H,2-11H2,1H3;1-11,16H;9-11,14H,5-8H2,1-4H3;;;/q3*-1;;;;;;. The number of carbonyl (C=O) groups is 3. The summed E-state index contributed by atoms with van der Waals surface area (Å²) in [6.45, 7) is 52.9. The van der Waals surface area contributed by atoms with Crippen LogP contribution in [0.15, 0.2) is 308 Å². The van der Waals surface area contributed by atoms with E-state index in [-0.39, 0.29) is 113 Å². The molecular weight excluding hydrogens is 2380 g/mol. The number of nitrogens with zero attached hydrogens (tertiary/aromatic N) is 3. The van der Waals surface area contributed by atoms with Gasteiger partial charge in [0.2, 0.25) is 0 Å². The second-order valence-electron chi connectivity index (χ2n) is 44.1. The average molecular weight is 2540 g/mol. The third kappa shape index (κ3) is 33.5. The first kappa shape index (κ1) is 119. The number of Topliss-reactive ketones (excluding diaryl/α,β-unsaturated/α-hetero) is 1. The molecule has 0 amide bonds. The van der Waals surface area contributed by atoms with Crippen LogP contribution in [0.3, 0.4) is 0 Å². The van der Waals surface area contributed by atoms with Crippen LogP contribution in [-0.4, -0.2) is 96.1 Å². The molecule has 3 N–H and O–H groups in total. The third-order valence-electron chi connectivity index (χ3n) is 27.3. The Kier molecular flexibility index (Phi) is 45.1. The monoisotopic (exact) mass is 2540 g/mol. The summed E-state index contributed by atoms with van der Waals surface area (Å²) in [6.07, 6.45) is 17.6. The maximum atomic E-state index is 12.4. The van der Waals surface area contributed by atoms with Crippen molar-refractivity contribution in [1.29, 1.82) is 0 Å². The van der Waals surface area contributed by atoms with Crippen LogP contribution in [0.1, 0.15) is 140 Å². The van der Waals surface area contributed by atoms with Gasteiger partial charge in [0.15, 0.2) is 17.3 Å². The van der Waals surface area contributed by atoms with E-state index in [2.05, 4.69) is 354 Å².